The number of hydrogen-bond donors (Lipinski definition) is 0. The maximum atomic E-state index is 3.91. The van der Waals surface area contributed by atoms with E-state index in [4.69, 9.17) is 0 Å². The van der Waals surface area contributed by atoms with E-state index in [2.05, 4.69) is 122 Å². The molecule has 0 saturated carbocycles. The zero-order chi connectivity index (χ0) is 18.5. The lowest BCUT2D eigenvalue weighted by atomic mass is 10.2. The minimum Gasteiger partial charge on any atom is -1.00 e. The summed E-state index contributed by atoms with van der Waals surface area (Å²) in [5.74, 6) is 0. The number of rotatable bonds is 5. The van der Waals surface area contributed by atoms with Gasteiger partial charge in [-0.25, -0.2) is 0 Å². The lowest BCUT2D eigenvalue weighted by molar-refractivity contribution is -0.00000510. The van der Waals surface area contributed by atoms with Crippen molar-refractivity contribution in [1.82, 2.24) is 0 Å². The van der Waals surface area contributed by atoms with Crippen LogP contribution in [0.1, 0.15) is 5.56 Å². The van der Waals surface area contributed by atoms with Crippen molar-refractivity contribution in [2.24, 2.45) is 0 Å². The molecule has 0 saturated heterocycles. The van der Waals surface area contributed by atoms with E-state index >= 15 is 0 Å². The monoisotopic (exact) mass is 400 g/mol. The molecule has 0 radical (unpaired) electrons. The van der Waals surface area contributed by atoms with Gasteiger partial charge in [-0.2, -0.15) is 0 Å². The zero-order valence-electron chi connectivity index (χ0n) is 15.6. The van der Waals surface area contributed by atoms with Crippen molar-refractivity contribution in [3.05, 3.63) is 127 Å². The van der Waals surface area contributed by atoms with Crippen LogP contribution in [-0.4, -0.2) is 0 Å². The fourth-order valence-electron chi connectivity index (χ4n) is 3.68. The lowest BCUT2D eigenvalue weighted by Gasteiger charge is -2.27. The SMILES string of the molecule is C=Cc1ccc([P+](c2ccccc2)(c2ccccc2)c2ccccc2)cc1.[Cl-]. The van der Waals surface area contributed by atoms with Gasteiger partial charge >= 0.3 is 0 Å². The van der Waals surface area contributed by atoms with E-state index in [-0.39, 0.29) is 12.4 Å². The standard InChI is InChI=1S/C26H22P.ClH/c1-2-22-18-20-26(21-19-22)27(23-12-6-3-7-13-23,24-14-8-4-9-15-24)25-16-10-5-11-17-25;/h2-21H,1H2;1H/q+1;/p-1. The van der Waals surface area contributed by atoms with E-state index < -0.39 is 7.26 Å². The van der Waals surface area contributed by atoms with Crippen LogP contribution in [0.25, 0.3) is 6.08 Å². The molecule has 0 aromatic heterocycles. The predicted octanol–water partition coefficient (Wildman–Crippen LogP) is 1.95. The molecule has 0 bridgehead atoms. The molecule has 0 spiro atoms. The molecule has 0 aliphatic rings. The fraction of sp³-hybridized carbons (Fsp3) is 0. The topological polar surface area (TPSA) is 0 Å². The van der Waals surface area contributed by atoms with Gasteiger partial charge in [-0.1, -0.05) is 79.4 Å². The van der Waals surface area contributed by atoms with Crippen molar-refractivity contribution >= 4 is 34.6 Å². The molecule has 2 heteroatoms. The fourth-order valence-corrected chi connectivity index (χ4v) is 7.93. The number of halogens is 1. The molecule has 0 N–H and O–H groups in total. The normalized spacial score (nSPS) is 10.7. The van der Waals surface area contributed by atoms with Crippen LogP contribution < -0.4 is 33.6 Å². The molecule has 0 atom stereocenters. The molecule has 4 aromatic rings. The molecule has 138 valence electrons. The van der Waals surface area contributed by atoms with Gasteiger partial charge in [0.25, 0.3) is 0 Å². The molecule has 0 amide bonds. The average Bonchev–Trinajstić information content (AvgIpc) is 2.77. The van der Waals surface area contributed by atoms with Gasteiger partial charge in [0.1, 0.15) is 28.5 Å². The summed E-state index contributed by atoms with van der Waals surface area (Å²) in [6.45, 7) is 3.91. The van der Waals surface area contributed by atoms with Crippen LogP contribution in [0, 0.1) is 0 Å². The van der Waals surface area contributed by atoms with E-state index in [1.54, 1.807) is 0 Å². The smallest absolute Gasteiger partial charge is 0.144 e. The van der Waals surface area contributed by atoms with E-state index in [1.165, 1.54) is 21.2 Å². The summed E-state index contributed by atoms with van der Waals surface area (Å²) < 4.78 is 0. The minimum atomic E-state index is -1.97. The van der Waals surface area contributed by atoms with Gasteiger partial charge in [-0.15, -0.1) is 0 Å². The van der Waals surface area contributed by atoms with Crippen LogP contribution in [0.5, 0.6) is 0 Å². The Kier molecular flexibility index (Phi) is 6.47. The Morgan fingerprint density at radius 2 is 0.786 bits per heavy atom. The minimum absolute atomic E-state index is 0. The first-order valence-corrected chi connectivity index (χ1v) is 10.9. The van der Waals surface area contributed by atoms with Gasteiger partial charge in [0, 0.05) is 0 Å². The van der Waals surface area contributed by atoms with E-state index in [1.807, 2.05) is 6.08 Å². The summed E-state index contributed by atoms with van der Waals surface area (Å²) in [5, 5.41) is 5.47. The van der Waals surface area contributed by atoms with Gasteiger partial charge in [-0.05, 0) is 54.1 Å². The Labute approximate surface area is 174 Å². The highest BCUT2D eigenvalue weighted by molar-refractivity contribution is 8.01. The van der Waals surface area contributed by atoms with Gasteiger partial charge < -0.3 is 12.4 Å². The van der Waals surface area contributed by atoms with Crippen molar-refractivity contribution < 1.29 is 12.4 Å². The van der Waals surface area contributed by atoms with E-state index in [9.17, 15) is 0 Å². The van der Waals surface area contributed by atoms with Crippen LogP contribution in [0.2, 0.25) is 0 Å². The third-order valence-corrected chi connectivity index (χ3v) is 9.24. The highest BCUT2D eigenvalue weighted by Gasteiger charge is 2.47. The van der Waals surface area contributed by atoms with Crippen LogP contribution in [0.3, 0.4) is 0 Å². The quantitative estimate of drug-likeness (QED) is 0.449. The van der Waals surface area contributed by atoms with Gasteiger partial charge in [0.2, 0.25) is 0 Å². The maximum absolute atomic E-state index is 3.91. The molecule has 0 fully saturated rings. The summed E-state index contributed by atoms with van der Waals surface area (Å²) >= 11 is 0. The summed E-state index contributed by atoms with van der Waals surface area (Å²) in [6.07, 6.45) is 1.90. The van der Waals surface area contributed by atoms with Crippen LogP contribution in [-0.2, 0) is 0 Å². The number of hydrogen-bond acceptors (Lipinski definition) is 0. The van der Waals surface area contributed by atoms with Gasteiger partial charge in [0.05, 0.1) is 0 Å². The average molecular weight is 401 g/mol. The molecule has 0 nitrogen and oxygen atoms in total. The van der Waals surface area contributed by atoms with Gasteiger partial charge in [-0.3, -0.25) is 0 Å². The Balaban J connectivity index is 0.00000225. The summed E-state index contributed by atoms with van der Waals surface area (Å²) in [6, 6.07) is 41.7. The maximum Gasteiger partial charge on any atom is 0.144 e. The molecule has 28 heavy (non-hydrogen) atoms. The highest BCUT2D eigenvalue weighted by atomic mass is 35.5. The third-order valence-electron chi connectivity index (χ3n) is 4.95. The van der Waals surface area contributed by atoms with Crippen LogP contribution in [0.4, 0.5) is 0 Å². The molecule has 0 heterocycles. The van der Waals surface area contributed by atoms with Crippen LogP contribution >= 0.6 is 7.26 Å². The Morgan fingerprint density at radius 1 is 0.464 bits per heavy atom. The predicted molar refractivity (Wildman–Crippen MR) is 121 cm³/mol. The van der Waals surface area contributed by atoms with Crippen LogP contribution in [0.15, 0.2) is 122 Å². The Bertz CT molecular complexity index is 914. The second-order valence-electron chi connectivity index (χ2n) is 6.47. The van der Waals surface area contributed by atoms with Crippen molar-refractivity contribution in [2.45, 2.75) is 0 Å². The number of benzene rings is 4. The largest absolute Gasteiger partial charge is 1.00 e. The Morgan fingerprint density at radius 3 is 1.11 bits per heavy atom. The zero-order valence-corrected chi connectivity index (χ0v) is 17.2. The van der Waals surface area contributed by atoms with Crippen molar-refractivity contribution in [3.63, 3.8) is 0 Å². The van der Waals surface area contributed by atoms with Crippen molar-refractivity contribution in [1.29, 1.82) is 0 Å². The first kappa shape index (κ1) is 20.1. The molecule has 0 unspecified atom stereocenters. The Hall–Kier alpha value is -2.66. The summed E-state index contributed by atoms with van der Waals surface area (Å²) in [4.78, 5) is 0. The van der Waals surface area contributed by atoms with E-state index in [0.29, 0.717) is 0 Å². The first-order valence-electron chi connectivity index (χ1n) is 9.14. The lowest BCUT2D eigenvalue weighted by Crippen LogP contribution is -3.00. The van der Waals surface area contributed by atoms with Crippen molar-refractivity contribution in [3.8, 4) is 0 Å². The third kappa shape index (κ3) is 3.54. The van der Waals surface area contributed by atoms with Gasteiger partial charge in [0.15, 0.2) is 0 Å². The second kappa shape index (κ2) is 9.02. The summed E-state index contributed by atoms with van der Waals surface area (Å²) in [7, 11) is -1.97. The molecule has 4 aromatic carbocycles. The molecular formula is C26H22ClP. The molecule has 0 aliphatic carbocycles. The summed E-state index contributed by atoms with van der Waals surface area (Å²) in [5.41, 5.74) is 1.14. The van der Waals surface area contributed by atoms with E-state index in [0.717, 1.165) is 5.56 Å². The second-order valence-corrected chi connectivity index (χ2v) is 9.88. The molecule has 4 rings (SSSR count). The van der Waals surface area contributed by atoms with Crippen molar-refractivity contribution in [2.75, 3.05) is 0 Å². The highest BCUT2D eigenvalue weighted by Crippen LogP contribution is 2.54. The first-order chi connectivity index (χ1) is 13.4. The molecular weight excluding hydrogens is 379 g/mol. The molecule has 0 aliphatic heterocycles.